The SMILES string of the molecule is Cc1nn(C)c(C)c1CC(=O)OCC(=O)c1cc(C)n(CC(F)(F)F)c1C. The van der Waals surface area contributed by atoms with Crippen molar-refractivity contribution in [2.75, 3.05) is 6.61 Å². The van der Waals surface area contributed by atoms with Gasteiger partial charge in [0.1, 0.15) is 6.54 Å². The van der Waals surface area contributed by atoms with E-state index < -0.39 is 31.1 Å². The Morgan fingerprint density at radius 2 is 1.78 bits per heavy atom. The quantitative estimate of drug-likeness (QED) is 0.566. The maximum atomic E-state index is 12.7. The summed E-state index contributed by atoms with van der Waals surface area (Å²) in [7, 11) is 1.76. The van der Waals surface area contributed by atoms with Gasteiger partial charge in [-0.15, -0.1) is 0 Å². The summed E-state index contributed by atoms with van der Waals surface area (Å²) in [6.45, 7) is 4.84. The molecule has 0 saturated heterocycles. The van der Waals surface area contributed by atoms with Crippen LogP contribution in [0.4, 0.5) is 13.2 Å². The van der Waals surface area contributed by atoms with E-state index >= 15 is 0 Å². The highest BCUT2D eigenvalue weighted by Gasteiger charge is 2.30. The Hall–Kier alpha value is -2.58. The fourth-order valence-corrected chi connectivity index (χ4v) is 3.00. The van der Waals surface area contributed by atoms with Crippen LogP contribution in [0.25, 0.3) is 0 Å². The van der Waals surface area contributed by atoms with Crippen molar-refractivity contribution in [3.8, 4) is 0 Å². The van der Waals surface area contributed by atoms with Crippen LogP contribution in [0, 0.1) is 27.7 Å². The van der Waals surface area contributed by atoms with Crippen molar-refractivity contribution < 1.29 is 27.5 Å². The molecule has 6 nitrogen and oxygen atoms in total. The van der Waals surface area contributed by atoms with Crippen molar-refractivity contribution >= 4 is 11.8 Å². The minimum absolute atomic E-state index is 0.0219. The molecule has 0 fully saturated rings. The molecule has 2 aromatic rings. The Labute approximate surface area is 154 Å². The van der Waals surface area contributed by atoms with Crippen LogP contribution in [0.1, 0.15) is 38.7 Å². The molecule has 2 heterocycles. The van der Waals surface area contributed by atoms with Gasteiger partial charge >= 0.3 is 12.1 Å². The summed E-state index contributed by atoms with van der Waals surface area (Å²) in [5, 5.41) is 4.21. The number of esters is 1. The zero-order valence-corrected chi connectivity index (χ0v) is 15.9. The molecule has 148 valence electrons. The van der Waals surface area contributed by atoms with Gasteiger partial charge in [-0.25, -0.2) is 0 Å². The summed E-state index contributed by atoms with van der Waals surface area (Å²) in [4.78, 5) is 24.3. The zero-order valence-electron chi connectivity index (χ0n) is 15.9. The number of hydrogen-bond donors (Lipinski definition) is 0. The first-order valence-electron chi connectivity index (χ1n) is 8.32. The number of carbonyl (C=O) groups excluding carboxylic acids is 2. The van der Waals surface area contributed by atoms with Crippen molar-refractivity contribution in [3.63, 3.8) is 0 Å². The number of Topliss-reactive ketones (excluding diaryl/α,β-unsaturated/α-hetero) is 1. The number of aryl methyl sites for hydroxylation is 3. The number of ether oxygens (including phenoxy) is 1. The third-order valence-corrected chi connectivity index (χ3v) is 4.56. The Kier molecular flexibility index (Phi) is 5.82. The van der Waals surface area contributed by atoms with Crippen LogP contribution in [-0.2, 0) is 29.5 Å². The lowest BCUT2D eigenvalue weighted by molar-refractivity contribution is -0.142. The number of carbonyl (C=O) groups is 2. The Morgan fingerprint density at radius 3 is 2.30 bits per heavy atom. The number of nitrogens with zero attached hydrogens (tertiary/aromatic N) is 3. The smallest absolute Gasteiger partial charge is 0.406 e. The van der Waals surface area contributed by atoms with Gasteiger partial charge in [0, 0.05) is 35.3 Å². The second-order valence-electron chi connectivity index (χ2n) is 6.52. The lowest BCUT2D eigenvalue weighted by Crippen LogP contribution is -2.20. The van der Waals surface area contributed by atoms with Crippen molar-refractivity contribution in [3.05, 3.63) is 40.0 Å². The average Bonchev–Trinajstić information content (AvgIpc) is 2.95. The van der Waals surface area contributed by atoms with Crippen LogP contribution in [0.15, 0.2) is 6.07 Å². The molecule has 0 radical (unpaired) electrons. The van der Waals surface area contributed by atoms with Gasteiger partial charge < -0.3 is 9.30 Å². The lowest BCUT2D eigenvalue weighted by Gasteiger charge is -2.12. The highest BCUT2D eigenvalue weighted by atomic mass is 19.4. The predicted molar refractivity (Wildman–Crippen MR) is 91.6 cm³/mol. The van der Waals surface area contributed by atoms with Crippen molar-refractivity contribution in [1.82, 2.24) is 14.3 Å². The fraction of sp³-hybridized carbons (Fsp3) is 0.500. The largest absolute Gasteiger partial charge is 0.457 e. The van der Waals surface area contributed by atoms with E-state index in [1.807, 2.05) is 6.92 Å². The molecule has 0 aliphatic carbocycles. The van der Waals surface area contributed by atoms with E-state index in [2.05, 4.69) is 5.10 Å². The third-order valence-electron chi connectivity index (χ3n) is 4.56. The van der Waals surface area contributed by atoms with Gasteiger partial charge in [-0.05, 0) is 33.8 Å². The van der Waals surface area contributed by atoms with Crippen LogP contribution < -0.4 is 0 Å². The molecule has 2 rings (SSSR count). The second kappa shape index (κ2) is 7.58. The van der Waals surface area contributed by atoms with E-state index in [0.29, 0.717) is 11.4 Å². The standard InChI is InChI=1S/C18H22F3N3O3/c1-10-6-15(13(4)24(10)9-18(19,20)21)16(25)8-27-17(26)7-14-11(2)22-23(5)12(14)3/h6H,7-9H2,1-5H3. The maximum absolute atomic E-state index is 12.7. The van der Waals surface area contributed by atoms with Crippen LogP contribution in [0.5, 0.6) is 0 Å². The van der Waals surface area contributed by atoms with Crippen LogP contribution in [0.2, 0.25) is 0 Å². The van der Waals surface area contributed by atoms with E-state index in [0.717, 1.165) is 15.8 Å². The van der Waals surface area contributed by atoms with Crippen molar-refractivity contribution in [2.24, 2.45) is 7.05 Å². The summed E-state index contributed by atoms with van der Waals surface area (Å²) in [5.74, 6) is -1.13. The van der Waals surface area contributed by atoms with E-state index in [-0.39, 0.29) is 17.7 Å². The van der Waals surface area contributed by atoms with Crippen molar-refractivity contribution in [1.29, 1.82) is 0 Å². The zero-order chi connectivity index (χ0) is 20.5. The molecule has 0 bridgehead atoms. The van der Waals surface area contributed by atoms with E-state index in [9.17, 15) is 22.8 Å². The van der Waals surface area contributed by atoms with E-state index in [1.54, 1.807) is 18.7 Å². The normalized spacial score (nSPS) is 11.7. The minimum atomic E-state index is -4.39. The summed E-state index contributed by atoms with van der Waals surface area (Å²) in [6, 6.07) is 1.38. The van der Waals surface area contributed by atoms with Gasteiger partial charge in [0.15, 0.2) is 6.61 Å². The molecule has 0 amide bonds. The molecule has 0 atom stereocenters. The number of alkyl halides is 3. The van der Waals surface area contributed by atoms with E-state index in [1.165, 1.54) is 19.9 Å². The molecular weight excluding hydrogens is 363 g/mol. The van der Waals surface area contributed by atoms with E-state index in [4.69, 9.17) is 4.74 Å². The monoisotopic (exact) mass is 385 g/mol. The molecule has 27 heavy (non-hydrogen) atoms. The molecule has 0 aliphatic rings. The van der Waals surface area contributed by atoms with Gasteiger partial charge in [-0.2, -0.15) is 18.3 Å². The number of aromatic nitrogens is 3. The molecule has 0 aromatic carbocycles. The Bertz CT molecular complexity index is 879. The predicted octanol–water partition coefficient (Wildman–Crippen LogP) is 2.99. The molecular formula is C18H22F3N3O3. The molecule has 9 heteroatoms. The molecule has 0 spiro atoms. The van der Waals surface area contributed by atoms with Gasteiger partial charge in [0.05, 0.1) is 12.1 Å². The summed E-state index contributed by atoms with van der Waals surface area (Å²) in [5.41, 5.74) is 2.91. The fourth-order valence-electron chi connectivity index (χ4n) is 3.00. The minimum Gasteiger partial charge on any atom is -0.457 e. The highest BCUT2D eigenvalue weighted by molar-refractivity contribution is 5.99. The van der Waals surface area contributed by atoms with Gasteiger partial charge in [0.25, 0.3) is 0 Å². The number of ketones is 1. The van der Waals surface area contributed by atoms with Crippen LogP contribution >= 0.6 is 0 Å². The lowest BCUT2D eigenvalue weighted by atomic mass is 10.1. The van der Waals surface area contributed by atoms with Gasteiger partial charge in [-0.3, -0.25) is 14.3 Å². The van der Waals surface area contributed by atoms with Crippen molar-refractivity contribution in [2.45, 2.75) is 46.8 Å². The molecule has 0 aliphatic heterocycles. The van der Waals surface area contributed by atoms with Crippen LogP contribution in [0.3, 0.4) is 0 Å². The number of rotatable bonds is 6. The highest BCUT2D eigenvalue weighted by Crippen LogP contribution is 2.23. The van der Waals surface area contributed by atoms with Crippen LogP contribution in [-0.4, -0.2) is 38.9 Å². The van der Waals surface area contributed by atoms with Gasteiger partial charge in [0.2, 0.25) is 5.78 Å². The summed E-state index contributed by atoms with van der Waals surface area (Å²) >= 11 is 0. The summed E-state index contributed by atoms with van der Waals surface area (Å²) < 4.78 is 45.7. The third kappa shape index (κ3) is 4.78. The number of hydrogen-bond acceptors (Lipinski definition) is 4. The molecule has 0 N–H and O–H groups in total. The molecule has 0 saturated carbocycles. The topological polar surface area (TPSA) is 66.1 Å². The average molecular weight is 385 g/mol. The second-order valence-corrected chi connectivity index (χ2v) is 6.52. The van der Waals surface area contributed by atoms with Gasteiger partial charge in [-0.1, -0.05) is 0 Å². The first-order valence-corrected chi connectivity index (χ1v) is 8.32. The Balaban J connectivity index is 2.03. The first kappa shape index (κ1) is 20.7. The summed E-state index contributed by atoms with van der Waals surface area (Å²) in [6.07, 6.45) is -4.41. The number of halogens is 3. The molecule has 0 unspecified atom stereocenters. The Morgan fingerprint density at radius 1 is 1.15 bits per heavy atom. The first-order chi connectivity index (χ1) is 12.4. The molecule has 2 aromatic heterocycles. The maximum Gasteiger partial charge on any atom is 0.406 e.